The normalized spacial score (nSPS) is 15.1. The summed E-state index contributed by atoms with van der Waals surface area (Å²) >= 11 is 0. The zero-order chi connectivity index (χ0) is 24.5. The van der Waals surface area contributed by atoms with Crippen molar-refractivity contribution < 1.29 is 29.1 Å². The molecule has 2 aromatic carbocycles. The average molecular weight is 476 g/mol. The van der Waals surface area contributed by atoms with E-state index in [0.717, 1.165) is 35.1 Å². The van der Waals surface area contributed by atoms with Crippen molar-refractivity contribution in [2.24, 2.45) is 13.0 Å². The molecule has 3 aromatic rings. The number of rotatable bonds is 8. The van der Waals surface area contributed by atoms with Gasteiger partial charge in [-0.15, -0.1) is 0 Å². The number of benzene rings is 2. The largest absolute Gasteiger partial charge is 0.479 e. The number of aromatic nitrogens is 2. The van der Waals surface area contributed by atoms with Crippen LogP contribution >= 0.6 is 0 Å². The molecular formula is C25H24N4O6. The quantitative estimate of drug-likeness (QED) is 0.425. The number of hydrogen-bond donors (Lipinski definition) is 3. The fourth-order valence-corrected chi connectivity index (χ4v) is 4.40. The molecule has 1 unspecified atom stereocenters. The van der Waals surface area contributed by atoms with Crippen LogP contribution in [0.5, 0.6) is 0 Å². The number of carboxylic acid groups (broad SMARTS) is 1. The maximum absolute atomic E-state index is 12.6. The summed E-state index contributed by atoms with van der Waals surface area (Å²) in [6.45, 7) is 0.118. The molecule has 1 atom stereocenters. The summed E-state index contributed by atoms with van der Waals surface area (Å²) in [5.41, 5.74) is 6.54. The van der Waals surface area contributed by atoms with E-state index in [1.165, 1.54) is 10.9 Å². The number of ether oxygens (including phenoxy) is 1. The molecule has 1 heterocycles. The van der Waals surface area contributed by atoms with Crippen LogP contribution in [0.25, 0.3) is 11.1 Å². The van der Waals surface area contributed by atoms with Gasteiger partial charge in [0.1, 0.15) is 6.61 Å². The van der Waals surface area contributed by atoms with Gasteiger partial charge in [-0.05, 0) is 41.0 Å². The highest BCUT2D eigenvalue weighted by Crippen LogP contribution is 2.44. The van der Waals surface area contributed by atoms with Gasteiger partial charge in [0.2, 0.25) is 0 Å². The number of aryl methyl sites for hydroxylation is 1. The van der Waals surface area contributed by atoms with Crippen LogP contribution in [-0.2, 0) is 21.4 Å². The maximum atomic E-state index is 12.6. The average Bonchev–Trinajstić information content (AvgIpc) is 3.53. The molecule has 2 aliphatic rings. The second-order valence-electron chi connectivity index (χ2n) is 8.66. The Kier molecular flexibility index (Phi) is 5.96. The summed E-state index contributed by atoms with van der Waals surface area (Å²) in [6.07, 6.45) is 1.04. The van der Waals surface area contributed by atoms with E-state index in [-0.39, 0.29) is 29.8 Å². The smallest absolute Gasteiger partial charge is 0.411 e. The van der Waals surface area contributed by atoms with Crippen molar-refractivity contribution in [3.8, 4) is 11.1 Å². The summed E-state index contributed by atoms with van der Waals surface area (Å²) in [5.74, 6) is -2.15. The minimum atomic E-state index is -1.15. The van der Waals surface area contributed by atoms with E-state index in [0.29, 0.717) is 0 Å². The predicted octanol–water partition coefficient (Wildman–Crippen LogP) is 3.31. The number of hydrogen-bond acceptors (Lipinski definition) is 6. The van der Waals surface area contributed by atoms with Crippen molar-refractivity contribution in [1.82, 2.24) is 15.3 Å². The Balaban J connectivity index is 1.23. The van der Waals surface area contributed by atoms with Crippen molar-refractivity contribution in [3.63, 3.8) is 0 Å². The van der Waals surface area contributed by atoms with E-state index >= 15 is 0 Å². The molecule has 10 heteroatoms. The molecule has 35 heavy (non-hydrogen) atoms. The Morgan fingerprint density at radius 1 is 1.09 bits per heavy atom. The number of carboxylic acids is 1. The van der Waals surface area contributed by atoms with Crippen LogP contribution in [0.4, 0.5) is 10.5 Å². The van der Waals surface area contributed by atoms with Crippen molar-refractivity contribution >= 4 is 23.7 Å². The Bertz CT molecular complexity index is 1250. The molecule has 5 rings (SSSR count). The number of carbonyl (C=O) groups excluding carboxylic acids is 2. The van der Waals surface area contributed by atoms with E-state index in [1.807, 2.05) is 36.4 Å². The van der Waals surface area contributed by atoms with Crippen LogP contribution in [0, 0.1) is 5.92 Å². The van der Waals surface area contributed by atoms with Gasteiger partial charge < -0.3 is 9.84 Å². The van der Waals surface area contributed by atoms with Gasteiger partial charge in [-0.25, -0.2) is 15.1 Å². The standard InChI is InChI=1S/C25H24N4O6/c1-29-12-20(21(27-29)23(30)28-35-22(24(31)32)14-10-11-14)26-25(33)34-13-19-17-8-4-2-6-15(17)16-7-3-5-9-18(16)19/h2-9,12,14,19,22H,10-11,13H2,1H3,(H,26,33)(H,28,30)(H,31,32). The Morgan fingerprint density at radius 2 is 1.71 bits per heavy atom. The number of fused-ring (bicyclic) bond motifs is 3. The van der Waals surface area contributed by atoms with Crippen molar-refractivity contribution in [3.05, 3.63) is 71.5 Å². The first-order valence-electron chi connectivity index (χ1n) is 11.3. The van der Waals surface area contributed by atoms with E-state index in [1.54, 1.807) is 7.05 Å². The number of amides is 2. The third kappa shape index (κ3) is 4.60. The minimum Gasteiger partial charge on any atom is -0.479 e. The molecule has 0 aliphatic heterocycles. The van der Waals surface area contributed by atoms with Gasteiger partial charge in [0, 0.05) is 19.2 Å². The molecule has 0 radical (unpaired) electrons. The van der Waals surface area contributed by atoms with E-state index < -0.39 is 24.1 Å². The Hall–Kier alpha value is -4.18. The van der Waals surface area contributed by atoms with Gasteiger partial charge in [0.15, 0.2) is 11.8 Å². The molecule has 3 N–H and O–H groups in total. The molecule has 2 amide bonds. The first-order valence-corrected chi connectivity index (χ1v) is 11.3. The number of aliphatic carboxylic acids is 1. The molecule has 1 saturated carbocycles. The fraction of sp³-hybridized carbons (Fsp3) is 0.280. The number of hydroxylamine groups is 1. The first kappa shape index (κ1) is 22.6. The van der Waals surface area contributed by atoms with Gasteiger partial charge in [0.25, 0.3) is 5.91 Å². The van der Waals surface area contributed by atoms with Crippen molar-refractivity contribution in [2.75, 3.05) is 11.9 Å². The minimum absolute atomic E-state index is 0.103. The zero-order valence-corrected chi connectivity index (χ0v) is 18.9. The lowest BCUT2D eigenvalue weighted by atomic mass is 9.98. The molecule has 0 bridgehead atoms. The summed E-state index contributed by atoms with van der Waals surface area (Å²) in [6, 6.07) is 16.0. The molecule has 0 spiro atoms. The van der Waals surface area contributed by atoms with Crippen molar-refractivity contribution in [2.45, 2.75) is 24.9 Å². The summed E-state index contributed by atoms with van der Waals surface area (Å²) < 4.78 is 6.88. The predicted molar refractivity (Wildman–Crippen MR) is 125 cm³/mol. The number of nitrogens with one attached hydrogen (secondary N) is 2. The summed E-state index contributed by atoms with van der Waals surface area (Å²) in [7, 11) is 1.59. The number of nitrogens with zero attached hydrogens (tertiary/aromatic N) is 2. The molecule has 2 aliphatic carbocycles. The highest BCUT2D eigenvalue weighted by Gasteiger charge is 2.38. The monoisotopic (exact) mass is 476 g/mol. The van der Waals surface area contributed by atoms with Crippen LogP contribution in [0.15, 0.2) is 54.7 Å². The molecule has 10 nitrogen and oxygen atoms in total. The fourth-order valence-electron chi connectivity index (χ4n) is 4.40. The maximum Gasteiger partial charge on any atom is 0.411 e. The van der Waals surface area contributed by atoms with Gasteiger partial charge in [-0.2, -0.15) is 5.10 Å². The Labute approximate surface area is 200 Å². The van der Waals surface area contributed by atoms with Gasteiger partial charge >= 0.3 is 12.1 Å². The highest BCUT2D eigenvalue weighted by atomic mass is 16.7. The van der Waals surface area contributed by atoms with Crippen LogP contribution < -0.4 is 10.8 Å². The molecule has 0 saturated heterocycles. The Morgan fingerprint density at radius 3 is 2.31 bits per heavy atom. The third-order valence-electron chi connectivity index (χ3n) is 6.20. The highest BCUT2D eigenvalue weighted by molar-refractivity contribution is 6.00. The lowest BCUT2D eigenvalue weighted by Crippen LogP contribution is -2.36. The third-order valence-corrected chi connectivity index (χ3v) is 6.20. The van der Waals surface area contributed by atoms with Crippen molar-refractivity contribution in [1.29, 1.82) is 0 Å². The van der Waals surface area contributed by atoms with Crippen LogP contribution in [0.1, 0.15) is 40.4 Å². The van der Waals surface area contributed by atoms with E-state index in [4.69, 9.17) is 9.57 Å². The number of carbonyl (C=O) groups is 3. The van der Waals surface area contributed by atoms with Gasteiger partial charge in [0.05, 0.1) is 5.69 Å². The summed E-state index contributed by atoms with van der Waals surface area (Å²) in [4.78, 5) is 41.6. The van der Waals surface area contributed by atoms with Gasteiger partial charge in [-0.1, -0.05) is 48.5 Å². The molecule has 1 aromatic heterocycles. The number of anilines is 1. The topological polar surface area (TPSA) is 132 Å². The van der Waals surface area contributed by atoms with Crippen LogP contribution in [0.3, 0.4) is 0 Å². The SMILES string of the molecule is Cn1cc(NC(=O)OCC2c3ccccc3-c3ccccc32)c(C(=O)NOC(C(=O)O)C2CC2)n1. The van der Waals surface area contributed by atoms with Crippen LogP contribution in [-0.4, -0.2) is 45.6 Å². The molecule has 1 fully saturated rings. The lowest BCUT2D eigenvalue weighted by Gasteiger charge is -2.15. The van der Waals surface area contributed by atoms with E-state index in [9.17, 15) is 19.5 Å². The van der Waals surface area contributed by atoms with Crippen LogP contribution in [0.2, 0.25) is 0 Å². The van der Waals surface area contributed by atoms with Gasteiger partial charge in [-0.3, -0.25) is 19.6 Å². The molecule has 180 valence electrons. The second-order valence-corrected chi connectivity index (χ2v) is 8.66. The molecular weight excluding hydrogens is 452 g/mol. The first-order chi connectivity index (χ1) is 16.9. The lowest BCUT2D eigenvalue weighted by molar-refractivity contribution is -0.155. The summed E-state index contributed by atoms with van der Waals surface area (Å²) in [5, 5.41) is 15.9. The van der Waals surface area contributed by atoms with E-state index in [2.05, 4.69) is 28.0 Å². The second kappa shape index (κ2) is 9.22. The zero-order valence-electron chi connectivity index (χ0n) is 18.9.